The van der Waals surface area contributed by atoms with E-state index in [2.05, 4.69) is 20.7 Å². The standard InChI is InChI=1S/C23H23FN2O3.C8H13N3O/c1-3-16-8-14(2)22(10-19(16)24)29-21-6-7-25-20-5-4-17(9-18(20)21)23(27)26-11-15-12-28-13-15;1-8(2,3)11-5-7(4-10-11)9-6-12/h4-10,15H,3,11-13H2,1-2H3,(H,26,27);4-6H,1-3H3,(H,9,12). The predicted octanol–water partition coefficient (Wildman–Crippen LogP) is 5.62. The minimum Gasteiger partial charge on any atom is -0.456 e. The van der Waals surface area contributed by atoms with E-state index >= 15 is 0 Å². The number of halogens is 1. The Morgan fingerprint density at radius 1 is 1.20 bits per heavy atom. The number of hydrogen-bond acceptors (Lipinski definition) is 6. The summed E-state index contributed by atoms with van der Waals surface area (Å²) in [4.78, 5) is 26.9. The predicted molar refractivity (Wildman–Crippen MR) is 156 cm³/mol. The number of carbonyl (C=O) groups excluding carboxylic acids is 2. The number of pyridine rings is 1. The topological polar surface area (TPSA) is 107 Å². The van der Waals surface area contributed by atoms with Crippen LogP contribution in [0.1, 0.15) is 49.2 Å². The normalized spacial score (nSPS) is 13.1. The molecule has 1 saturated heterocycles. The molecule has 2 N–H and O–H groups in total. The molecule has 0 unspecified atom stereocenters. The van der Waals surface area contributed by atoms with E-state index in [0.717, 1.165) is 11.3 Å². The highest BCUT2D eigenvalue weighted by Crippen LogP contribution is 2.32. The number of amides is 2. The summed E-state index contributed by atoms with van der Waals surface area (Å²) in [7, 11) is 0. The highest BCUT2D eigenvalue weighted by atomic mass is 19.1. The van der Waals surface area contributed by atoms with Gasteiger partial charge in [-0.3, -0.25) is 19.3 Å². The lowest BCUT2D eigenvalue weighted by atomic mass is 10.1. The Kier molecular flexibility index (Phi) is 9.34. The highest BCUT2D eigenvalue weighted by Gasteiger charge is 2.20. The molecule has 1 fully saturated rings. The number of anilines is 1. The van der Waals surface area contributed by atoms with E-state index in [9.17, 15) is 14.0 Å². The van der Waals surface area contributed by atoms with Crippen LogP contribution in [0.2, 0.25) is 0 Å². The van der Waals surface area contributed by atoms with E-state index in [1.54, 1.807) is 53.6 Å². The number of aromatic nitrogens is 3. The second-order valence-corrected chi connectivity index (χ2v) is 10.9. The van der Waals surface area contributed by atoms with Gasteiger partial charge in [0.05, 0.1) is 36.2 Å². The van der Waals surface area contributed by atoms with Crippen LogP contribution in [0.4, 0.5) is 10.1 Å². The maximum Gasteiger partial charge on any atom is 0.251 e. The number of nitrogens with one attached hydrogen (secondary N) is 2. The molecule has 2 aromatic heterocycles. The quantitative estimate of drug-likeness (QED) is 0.271. The van der Waals surface area contributed by atoms with Crippen LogP contribution < -0.4 is 15.4 Å². The van der Waals surface area contributed by atoms with Crippen molar-refractivity contribution >= 4 is 28.9 Å². The van der Waals surface area contributed by atoms with E-state index in [1.807, 2.05) is 34.6 Å². The summed E-state index contributed by atoms with van der Waals surface area (Å²) < 4.78 is 27.2. The van der Waals surface area contributed by atoms with Gasteiger partial charge in [-0.05, 0) is 75.6 Å². The Morgan fingerprint density at radius 3 is 2.61 bits per heavy atom. The van der Waals surface area contributed by atoms with Crippen molar-refractivity contribution in [2.45, 2.75) is 46.6 Å². The van der Waals surface area contributed by atoms with Gasteiger partial charge in [-0.25, -0.2) is 4.39 Å². The highest BCUT2D eigenvalue weighted by molar-refractivity contribution is 5.99. The maximum absolute atomic E-state index is 14.2. The van der Waals surface area contributed by atoms with E-state index in [-0.39, 0.29) is 17.3 Å². The van der Waals surface area contributed by atoms with Crippen molar-refractivity contribution in [3.63, 3.8) is 0 Å². The van der Waals surface area contributed by atoms with Gasteiger partial charge >= 0.3 is 0 Å². The number of carbonyl (C=O) groups is 2. The Labute approximate surface area is 239 Å². The number of ether oxygens (including phenoxy) is 2. The minimum absolute atomic E-state index is 0.0389. The molecule has 1 aliphatic rings. The van der Waals surface area contributed by atoms with Gasteiger partial charge in [-0.15, -0.1) is 0 Å². The van der Waals surface area contributed by atoms with Crippen molar-refractivity contribution in [3.05, 3.63) is 77.5 Å². The van der Waals surface area contributed by atoms with Gasteiger partial charge in [0.15, 0.2) is 0 Å². The molecule has 0 bridgehead atoms. The zero-order valence-corrected chi connectivity index (χ0v) is 24.0. The molecule has 9 nitrogen and oxygen atoms in total. The second kappa shape index (κ2) is 12.9. The first kappa shape index (κ1) is 29.7. The molecule has 2 aromatic carbocycles. The molecule has 2 amide bonds. The third-order valence-corrected chi connectivity index (χ3v) is 6.66. The Bertz CT molecular complexity index is 1520. The van der Waals surface area contributed by atoms with Crippen molar-refractivity contribution in [1.29, 1.82) is 0 Å². The Hall–Kier alpha value is -4.31. The average molecular weight is 562 g/mol. The van der Waals surface area contributed by atoms with Crippen LogP contribution in [0.15, 0.2) is 55.0 Å². The fourth-order valence-electron chi connectivity index (χ4n) is 4.15. The summed E-state index contributed by atoms with van der Waals surface area (Å²) in [6.45, 7) is 11.9. The number of fused-ring (bicyclic) bond motifs is 1. The first-order valence-corrected chi connectivity index (χ1v) is 13.6. The van der Waals surface area contributed by atoms with Crippen molar-refractivity contribution < 1.29 is 23.5 Å². The summed E-state index contributed by atoms with van der Waals surface area (Å²) >= 11 is 0. The van der Waals surface area contributed by atoms with Crippen LogP contribution in [-0.2, 0) is 21.5 Å². The molecule has 0 atom stereocenters. The number of rotatable bonds is 8. The molecule has 5 rings (SSSR count). The lowest BCUT2D eigenvalue weighted by Crippen LogP contribution is -2.39. The minimum atomic E-state index is -0.286. The molecule has 216 valence electrons. The van der Waals surface area contributed by atoms with Crippen molar-refractivity contribution in [2.75, 3.05) is 25.1 Å². The summed E-state index contributed by atoms with van der Waals surface area (Å²) in [5, 5.41) is 10.3. The Balaban J connectivity index is 0.000000271. The molecule has 41 heavy (non-hydrogen) atoms. The summed E-state index contributed by atoms with van der Waals surface area (Å²) in [6, 6.07) is 10.2. The monoisotopic (exact) mass is 561 g/mol. The fraction of sp³-hybridized carbons (Fsp3) is 0.355. The number of aryl methyl sites for hydroxylation is 2. The van der Waals surface area contributed by atoms with Crippen LogP contribution in [-0.4, -0.2) is 46.8 Å². The third kappa shape index (κ3) is 7.46. The van der Waals surface area contributed by atoms with E-state index in [0.29, 0.717) is 72.0 Å². The molecule has 1 aliphatic heterocycles. The van der Waals surface area contributed by atoms with Crippen molar-refractivity contribution in [1.82, 2.24) is 20.1 Å². The Morgan fingerprint density at radius 2 is 1.98 bits per heavy atom. The summed E-state index contributed by atoms with van der Waals surface area (Å²) in [5.74, 6) is 0.925. The molecule has 0 radical (unpaired) electrons. The van der Waals surface area contributed by atoms with Crippen LogP contribution in [0.5, 0.6) is 11.5 Å². The molecule has 4 aromatic rings. The first-order valence-electron chi connectivity index (χ1n) is 13.6. The maximum atomic E-state index is 14.2. The van der Waals surface area contributed by atoms with Crippen LogP contribution in [0.3, 0.4) is 0 Å². The molecular formula is C31H36FN5O4. The smallest absolute Gasteiger partial charge is 0.251 e. The van der Waals surface area contributed by atoms with Gasteiger partial charge in [0.1, 0.15) is 17.3 Å². The molecule has 3 heterocycles. The van der Waals surface area contributed by atoms with E-state index in [1.165, 1.54) is 6.07 Å². The largest absolute Gasteiger partial charge is 0.456 e. The average Bonchev–Trinajstić information content (AvgIpc) is 3.40. The molecule has 0 saturated carbocycles. The number of benzene rings is 2. The lowest BCUT2D eigenvalue weighted by Gasteiger charge is -2.25. The zero-order chi connectivity index (χ0) is 29.6. The first-order chi connectivity index (χ1) is 19.6. The van der Waals surface area contributed by atoms with Crippen LogP contribution >= 0.6 is 0 Å². The van der Waals surface area contributed by atoms with Gasteiger partial charge in [0.25, 0.3) is 5.91 Å². The van der Waals surface area contributed by atoms with E-state index < -0.39 is 0 Å². The van der Waals surface area contributed by atoms with E-state index in [4.69, 9.17) is 9.47 Å². The van der Waals surface area contributed by atoms with Gasteiger partial charge in [0, 0.05) is 41.9 Å². The number of hydrogen-bond donors (Lipinski definition) is 2. The molecular weight excluding hydrogens is 525 g/mol. The van der Waals surface area contributed by atoms with Crippen LogP contribution in [0, 0.1) is 18.7 Å². The second-order valence-electron chi connectivity index (χ2n) is 10.9. The fourth-order valence-corrected chi connectivity index (χ4v) is 4.15. The molecule has 0 aliphatic carbocycles. The SMILES string of the molecule is CC(C)(C)n1cc(NC=O)cn1.CCc1cc(C)c(Oc2ccnc3ccc(C(=O)NCC4COC4)cc23)cc1F. The van der Waals surface area contributed by atoms with Crippen molar-refractivity contribution in [2.24, 2.45) is 5.92 Å². The molecule has 0 spiro atoms. The summed E-state index contributed by atoms with van der Waals surface area (Å²) in [6.07, 6.45) is 6.33. The van der Waals surface area contributed by atoms with Gasteiger partial charge in [-0.1, -0.05) is 6.92 Å². The zero-order valence-electron chi connectivity index (χ0n) is 24.0. The summed E-state index contributed by atoms with van der Waals surface area (Å²) in [5.41, 5.74) is 3.42. The van der Waals surface area contributed by atoms with Crippen LogP contribution in [0.25, 0.3) is 10.9 Å². The van der Waals surface area contributed by atoms with Gasteiger partial charge in [0.2, 0.25) is 6.41 Å². The van der Waals surface area contributed by atoms with Gasteiger partial charge in [-0.2, -0.15) is 5.10 Å². The third-order valence-electron chi connectivity index (χ3n) is 6.66. The number of nitrogens with zero attached hydrogens (tertiary/aromatic N) is 3. The molecule has 10 heteroatoms. The lowest BCUT2D eigenvalue weighted by molar-refractivity contribution is -0.105. The van der Waals surface area contributed by atoms with Crippen molar-refractivity contribution in [3.8, 4) is 11.5 Å². The van der Waals surface area contributed by atoms with Gasteiger partial charge < -0.3 is 20.1 Å².